The maximum atomic E-state index is 11.1. The molecule has 0 aliphatic rings. The summed E-state index contributed by atoms with van der Waals surface area (Å²) in [4.78, 5) is 15.4. The SMILES string of the molecule is Cc1oc(/N=C/c2cn(CCC(N)=O)c3ccccc23)c(C#N)c1C. The van der Waals surface area contributed by atoms with E-state index < -0.39 is 0 Å². The summed E-state index contributed by atoms with van der Waals surface area (Å²) in [5.74, 6) is 0.659. The largest absolute Gasteiger partial charge is 0.442 e. The average Bonchev–Trinajstić information content (AvgIpc) is 3.09. The van der Waals surface area contributed by atoms with Gasteiger partial charge in [-0.05, 0) is 19.9 Å². The fourth-order valence-corrected chi connectivity index (χ4v) is 2.75. The van der Waals surface area contributed by atoms with Crippen molar-refractivity contribution in [3.8, 4) is 6.07 Å². The minimum Gasteiger partial charge on any atom is -0.442 e. The van der Waals surface area contributed by atoms with Gasteiger partial charge >= 0.3 is 0 Å². The number of aliphatic imine (C=N–C) groups is 1. The fourth-order valence-electron chi connectivity index (χ4n) is 2.75. The summed E-state index contributed by atoms with van der Waals surface area (Å²) in [6, 6.07) is 9.99. The van der Waals surface area contributed by atoms with Crippen LogP contribution in [0.3, 0.4) is 0 Å². The lowest BCUT2D eigenvalue weighted by atomic mass is 10.2. The predicted molar refractivity (Wildman–Crippen MR) is 95.9 cm³/mol. The lowest BCUT2D eigenvalue weighted by Gasteiger charge is -2.02. The Bertz CT molecular complexity index is 1020. The van der Waals surface area contributed by atoms with Gasteiger partial charge in [-0.1, -0.05) is 18.2 Å². The summed E-state index contributed by atoms with van der Waals surface area (Å²) >= 11 is 0. The Kier molecular flexibility index (Phi) is 4.40. The number of aromatic nitrogens is 1. The van der Waals surface area contributed by atoms with E-state index in [1.54, 1.807) is 6.21 Å². The zero-order chi connectivity index (χ0) is 18.0. The summed E-state index contributed by atoms with van der Waals surface area (Å²) in [6.07, 6.45) is 3.87. The third-order valence-corrected chi connectivity index (χ3v) is 4.22. The molecule has 126 valence electrons. The molecule has 0 saturated carbocycles. The number of fused-ring (bicyclic) bond motifs is 1. The number of amides is 1. The van der Waals surface area contributed by atoms with Crippen molar-refractivity contribution in [2.24, 2.45) is 10.7 Å². The van der Waals surface area contributed by atoms with Crippen molar-refractivity contribution in [2.75, 3.05) is 0 Å². The van der Waals surface area contributed by atoms with Crippen LogP contribution in [0.4, 0.5) is 5.88 Å². The number of carbonyl (C=O) groups excluding carboxylic acids is 1. The summed E-state index contributed by atoms with van der Waals surface area (Å²) < 4.78 is 7.54. The second-order valence-electron chi connectivity index (χ2n) is 5.84. The predicted octanol–water partition coefficient (Wildman–Crippen LogP) is 3.35. The van der Waals surface area contributed by atoms with Gasteiger partial charge in [-0.15, -0.1) is 0 Å². The van der Waals surface area contributed by atoms with Gasteiger partial charge < -0.3 is 14.7 Å². The van der Waals surface area contributed by atoms with E-state index in [0.29, 0.717) is 23.8 Å². The van der Waals surface area contributed by atoms with Crippen LogP contribution in [-0.4, -0.2) is 16.7 Å². The van der Waals surface area contributed by atoms with E-state index in [1.807, 2.05) is 48.9 Å². The highest BCUT2D eigenvalue weighted by Gasteiger charge is 2.13. The van der Waals surface area contributed by atoms with Crippen LogP contribution in [0, 0.1) is 25.2 Å². The molecule has 0 aliphatic carbocycles. The highest BCUT2D eigenvalue weighted by atomic mass is 16.4. The van der Waals surface area contributed by atoms with E-state index in [1.165, 1.54) is 0 Å². The molecule has 0 bridgehead atoms. The van der Waals surface area contributed by atoms with Gasteiger partial charge in [-0.25, -0.2) is 4.99 Å². The Morgan fingerprint density at radius 1 is 1.40 bits per heavy atom. The zero-order valence-corrected chi connectivity index (χ0v) is 14.1. The van der Waals surface area contributed by atoms with Crippen molar-refractivity contribution in [2.45, 2.75) is 26.8 Å². The summed E-state index contributed by atoms with van der Waals surface area (Å²) in [7, 11) is 0. The molecule has 6 nitrogen and oxygen atoms in total. The molecule has 2 heterocycles. The number of hydrogen-bond donors (Lipinski definition) is 1. The molecule has 0 fully saturated rings. The van der Waals surface area contributed by atoms with E-state index in [4.69, 9.17) is 10.2 Å². The van der Waals surface area contributed by atoms with Gasteiger partial charge in [0.2, 0.25) is 11.8 Å². The van der Waals surface area contributed by atoms with Crippen LogP contribution in [-0.2, 0) is 11.3 Å². The maximum absolute atomic E-state index is 11.1. The normalized spacial score (nSPS) is 11.2. The number of aryl methyl sites for hydroxylation is 2. The minimum atomic E-state index is -0.340. The first-order valence-electron chi connectivity index (χ1n) is 7.91. The minimum absolute atomic E-state index is 0.268. The Morgan fingerprint density at radius 2 is 2.16 bits per heavy atom. The van der Waals surface area contributed by atoms with Crippen LogP contribution < -0.4 is 5.73 Å². The quantitative estimate of drug-likeness (QED) is 0.724. The van der Waals surface area contributed by atoms with Gasteiger partial charge in [-0.2, -0.15) is 5.26 Å². The number of carbonyl (C=O) groups is 1. The highest BCUT2D eigenvalue weighted by Crippen LogP contribution is 2.28. The molecule has 0 radical (unpaired) electrons. The lowest BCUT2D eigenvalue weighted by Crippen LogP contribution is -2.13. The van der Waals surface area contributed by atoms with Crippen molar-refractivity contribution < 1.29 is 9.21 Å². The lowest BCUT2D eigenvalue weighted by molar-refractivity contribution is -0.118. The Morgan fingerprint density at radius 3 is 2.88 bits per heavy atom. The van der Waals surface area contributed by atoms with Gasteiger partial charge in [0.25, 0.3) is 0 Å². The second-order valence-corrected chi connectivity index (χ2v) is 5.84. The van der Waals surface area contributed by atoms with Gasteiger partial charge in [0.15, 0.2) is 0 Å². The molecule has 0 saturated heterocycles. The molecule has 3 rings (SSSR count). The monoisotopic (exact) mass is 334 g/mol. The van der Waals surface area contributed by atoms with Gasteiger partial charge in [-0.3, -0.25) is 4.79 Å². The molecule has 6 heteroatoms. The summed E-state index contributed by atoms with van der Waals surface area (Å²) in [5, 5.41) is 10.3. The molecular formula is C19H18N4O2. The molecule has 2 aromatic heterocycles. The van der Waals surface area contributed by atoms with Gasteiger partial charge in [0, 0.05) is 47.4 Å². The van der Waals surface area contributed by atoms with Crippen LogP contribution in [0.2, 0.25) is 0 Å². The standard InChI is InChI=1S/C19H18N4O2/c1-12-13(2)25-19(16(12)9-20)22-10-14-11-23(8-7-18(21)24)17-6-4-3-5-15(14)17/h3-6,10-11H,7-8H2,1-2H3,(H2,21,24)/b22-10+. The Balaban J connectivity index is 2.01. The second kappa shape index (κ2) is 6.65. The first-order valence-corrected chi connectivity index (χ1v) is 7.91. The molecule has 2 N–H and O–H groups in total. The van der Waals surface area contributed by atoms with Gasteiger partial charge in [0.05, 0.1) is 0 Å². The van der Waals surface area contributed by atoms with Crippen molar-refractivity contribution in [3.63, 3.8) is 0 Å². The topological polar surface area (TPSA) is 97.3 Å². The molecule has 0 aliphatic heterocycles. The maximum Gasteiger partial charge on any atom is 0.237 e. The molecule has 0 atom stereocenters. The average molecular weight is 334 g/mol. The molecule has 25 heavy (non-hydrogen) atoms. The molecular weight excluding hydrogens is 316 g/mol. The molecule has 1 amide bonds. The van der Waals surface area contributed by atoms with Crippen LogP contribution in [0.15, 0.2) is 39.9 Å². The molecule has 0 unspecified atom stereocenters. The first kappa shape index (κ1) is 16.5. The van der Waals surface area contributed by atoms with Crippen molar-refractivity contribution >= 4 is 28.9 Å². The smallest absolute Gasteiger partial charge is 0.237 e. The number of rotatable bonds is 5. The number of nitrogens with two attached hydrogens (primary N) is 1. The van der Waals surface area contributed by atoms with E-state index in [-0.39, 0.29) is 12.3 Å². The number of hydrogen-bond acceptors (Lipinski definition) is 4. The summed E-state index contributed by atoms with van der Waals surface area (Å²) in [5.41, 5.74) is 8.39. The van der Waals surface area contributed by atoms with Gasteiger partial charge in [0.1, 0.15) is 17.4 Å². The van der Waals surface area contributed by atoms with Crippen LogP contribution in [0.25, 0.3) is 10.9 Å². The fraction of sp³-hybridized carbons (Fsp3) is 0.211. The third kappa shape index (κ3) is 3.17. The number of furan rings is 1. The van der Waals surface area contributed by atoms with Crippen LogP contribution in [0.1, 0.15) is 28.9 Å². The molecule has 3 aromatic rings. The zero-order valence-electron chi connectivity index (χ0n) is 14.1. The molecule has 0 spiro atoms. The summed E-state index contributed by atoms with van der Waals surface area (Å²) in [6.45, 7) is 4.16. The number of primary amides is 1. The third-order valence-electron chi connectivity index (χ3n) is 4.22. The van der Waals surface area contributed by atoms with Crippen molar-refractivity contribution in [3.05, 3.63) is 52.9 Å². The van der Waals surface area contributed by atoms with E-state index in [2.05, 4.69) is 11.1 Å². The number of benzene rings is 1. The number of nitrogens with zero attached hydrogens (tertiary/aromatic N) is 3. The van der Waals surface area contributed by atoms with E-state index in [0.717, 1.165) is 22.0 Å². The number of nitriles is 1. The highest BCUT2D eigenvalue weighted by molar-refractivity contribution is 6.00. The van der Waals surface area contributed by atoms with E-state index in [9.17, 15) is 10.1 Å². The van der Waals surface area contributed by atoms with E-state index >= 15 is 0 Å². The molecule has 1 aromatic carbocycles. The number of para-hydroxylation sites is 1. The first-order chi connectivity index (χ1) is 12.0. The Labute approximate surface area is 145 Å². The Hall–Kier alpha value is -3.33. The van der Waals surface area contributed by atoms with Crippen molar-refractivity contribution in [1.82, 2.24) is 4.57 Å². The van der Waals surface area contributed by atoms with Crippen LogP contribution in [0.5, 0.6) is 0 Å². The van der Waals surface area contributed by atoms with Crippen molar-refractivity contribution in [1.29, 1.82) is 5.26 Å². The van der Waals surface area contributed by atoms with Crippen LogP contribution >= 0.6 is 0 Å².